The Labute approximate surface area is 174 Å². The third-order valence-electron chi connectivity index (χ3n) is 6.82. The molecule has 4 aliphatic rings. The number of rotatable bonds is 6. The van der Waals surface area contributed by atoms with E-state index in [9.17, 15) is 4.79 Å². The first-order valence-electron chi connectivity index (χ1n) is 10.3. The van der Waals surface area contributed by atoms with Gasteiger partial charge in [-0.1, -0.05) is 22.0 Å². The summed E-state index contributed by atoms with van der Waals surface area (Å²) in [6.07, 6.45) is 11.0. The second-order valence-electron chi connectivity index (χ2n) is 8.95. The number of hydrogen-bond donors (Lipinski definition) is 0. The maximum atomic E-state index is 13.1. The summed E-state index contributed by atoms with van der Waals surface area (Å²) in [5.41, 5.74) is -0.0789. The molecule has 0 atom stereocenters. The van der Waals surface area contributed by atoms with Crippen molar-refractivity contribution in [2.24, 2.45) is 23.2 Å². The van der Waals surface area contributed by atoms with Gasteiger partial charge in [0.2, 0.25) is 0 Å². The van der Waals surface area contributed by atoms with Crippen molar-refractivity contribution in [3.63, 3.8) is 0 Å². The number of halogens is 1. The first-order valence-corrected chi connectivity index (χ1v) is 11.1. The van der Waals surface area contributed by atoms with Crippen LogP contribution < -0.4 is 4.74 Å². The van der Waals surface area contributed by atoms with E-state index in [-0.39, 0.29) is 5.41 Å². The van der Waals surface area contributed by atoms with E-state index in [1.807, 2.05) is 42.5 Å². The van der Waals surface area contributed by atoms with Gasteiger partial charge in [0.1, 0.15) is 23.9 Å². The second kappa shape index (κ2) is 7.22. The standard InChI is InChI=1S/C24H25BrO3/c25-19-2-1-3-21(11-19)27-15-22-5-4-20(28-22)6-7-23(26)24-12-16-8-17(13-24)10-18(9-16)14-24/h1-7,11,16-18H,8-10,12-15H2/b7-6+. The van der Waals surface area contributed by atoms with E-state index in [0.717, 1.165) is 53.0 Å². The minimum atomic E-state index is -0.0789. The molecule has 6 rings (SSSR count). The summed E-state index contributed by atoms with van der Waals surface area (Å²) < 4.78 is 12.6. The van der Waals surface area contributed by atoms with E-state index in [2.05, 4.69) is 15.9 Å². The molecule has 1 heterocycles. The van der Waals surface area contributed by atoms with Crippen LogP contribution in [0.4, 0.5) is 0 Å². The summed E-state index contributed by atoms with van der Waals surface area (Å²) in [6, 6.07) is 11.6. The Hall–Kier alpha value is -1.81. The van der Waals surface area contributed by atoms with E-state index in [1.54, 1.807) is 6.08 Å². The van der Waals surface area contributed by atoms with Crippen molar-refractivity contribution in [2.75, 3.05) is 0 Å². The van der Waals surface area contributed by atoms with Gasteiger partial charge < -0.3 is 9.15 Å². The highest BCUT2D eigenvalue weighted by Crippen LogP contribution is 2.60. The highest BCUT2D eigenvalue weighted by atomic mass is 79.9. The topological polar surface area (TPSA) is 39.4 Å². The summed E-state index contributed by atoms with van der Waals surface area (Å²) >= 11 is 3.44. The molecule has 4 bridgehead atoms. The monoisotopic (exact) mass is 440 g/mol. The van der Waals surface area contributed by atoms with Gasteiger partial charge in [-0.05, 0) is 98.8 Å². The fraction of sp³-hybridized carbons (Fsp3) is 0.458. The Morgan fingerprint density at radius 1 is 1.11 bits per heavy atom. The van der Waals surface area contributed by atoms with Crippen LogP contribution in [0.2, 0.25) is 0 Å². The molecule has 1 aromatic heterocycles. The molecule has 0 N–H and O–H groups in total. The summed E-state index contributed by atoms with van der Waals surface area (Å²) in [5.74, 6) is 4.93. The minimum absolute atomic E-state index is 0.0789. The lowest BCUT2D eigenvalue weighted by Crippen LogP contribution is -2.49. The Balaban J connectivity index is 1.22. The number of ether oxygens (including phenoxy) is 1. The number of benzene rings is 1. The highest BCUT2D eigenvalue weighted by molar-refractivity contribution is 9.10. The van der Waals surface area contributed by atoms with Gasteiger partial charge in [0.15, 0.2) is 5.78 Å². The Bertz CT molecular complexity index is 875. The number of ketones is 1. The minimum Gasteiger partial charge on any atom is -0.486 e. The summed E-state index contributed by atoms with van der Waals surface area (Å²) in [5, 5.41) is 0. The van der Waals surface area contributed by atoms with E-state index >= 15 is 0 Å². The van der Waals surface area contributed by atoms with E-state index < -0.39 is 0 Å². The van der Waals surface area contributed by atoms with Gasteiger partial charge in [-0.2, -0.15) is 0 Å². The third-order valence-corrected chi connectivity index (χ3v) is 7.31. The molecule has 1 aromatic carbocycles. The molecule has 4 fully saturated rings. The van der Waals surface area contributed by atoms with Gasteiger partial charge >= 0.3 is 0 Å². The molecule has 0 saturated heterocycles. The average molecular weight is 441 g/mol. The molecule has 0 amide bonds. The first kappa shape index (κ1) is 18.2. The molecule has 4 aliphatic carbocycles. The molecule has 4 saturated carbocycles. The lowest BCUT2D eigenvalue weighted by atomic mass is 9.48. The average Bonchev–Trinajstić information content (AvgIpc) is 3.11. The fourth-order valence-electron chi connectivity index (χ4n) is 6.02. The van der Waals surface area contributed by atoms with E-state index in [1.165, 1.54) is 19.3 Å². The summed E-state index contributed by atoms with van der Waals surface area (Å²) in [4.78, 5) is 13.1. The van der Waals surface area contributed by atoms with Crippen LogP contribution >= 0.6 is 15.9 Å². The van der Waals surface area contributed by atoms with Crippen LogP contribution in [0.25, 0.3) is 6.08 Å². The smallest absolute Gasteiger partial charge is 0.161 e. The van der Waals surface area contributed by atoms with E-state index in [4.69, 9.17) is 9.15 Å². The van der Waals surface area contributed by atoms with Gasteiger partial charge in [0, 0.05) is 9.89 Å². The van der Waals surface area contributed by atoms with Crippen LogP contribution in [-0.4, -0.2) is 5.78 Å². The Kier molecular flexibility index (Phi) is 4.70. The maximum absolute atomic E-state index is 13.1. The number of carbonyl (C=O) groups is 1. The van der Waals surface area contributed by atoms with Crippen molar-refractivity contribution >= 4 is 27.8 Å². The normalized spacial score (nSPS) is 30.8. The van der Waals surface area contributed by atoms with E-state index in [0.29, 0.717) is 18.2 Å². The number of carbonyl (C=O) groups excluding carboxylic acids is 1. The van der Waals surface area contributed by atoms with Crippen LogP contribution in [0.1, 0.15) is 50.0 Å². The van der Waals surface area contributed by atoms with Crippen LogP contribution in [0.3, 0.4) is 0 Å². The van der Waals surface area contributed by atoms with Crippen molar-refractivity contribution in [3.8, 4) is 5.75 Å². The predicted molar refractivity (Wildman–Crippen MR) is 112 cm³/mol. The summed E-state index contributed by atoms with van der Waals surface area (Å²) in [6.45, 7) is 0.368. The molecule has 0 spiro atoms. The molecule has 0 radical (unpaired) electrons. The van der Waals surface area contributed by atoms with Crippen LogP contribution in [0.15, 0.2) is 51.4 Å². The number of allylic oxidation sites excluding steroid dienone is 1. The van der Waals surface area contributed by atoms with Crippen LogP contribution in [0.5, 0.6) is 5.75 Å². The third kappa shape index (κ3) is 3.59. The number of furan rings is 1. The van der Waals surface area contributed by atoms with Gasteiger partial charge in [-0.25, -0.2) is 0 Å². The Morgan fingerprint density at radius 3 is 2.50 bits per heavy atom. The lowest BCUT2D eigenvalue weighted by Gasteiger charge is -2.55. The summed E-state index contributed by atoms with van der Waals surface area (Å²) in [7, 11) is 0. The molecule has 4 heteroatoms. The molecular weight excluding hydrogens is 416 g/mol. The van der Waals surface area contributed by atoms with Gasteiger partial charge in [-0.3, -0.25) is 4.79 Å². The first-order chi connectivity index (χ1) is 13.6. The quantitative estimate of drug-likeness (QED) is 0.486. The van der Waals surface area contributed by atoms with Gasteiger partial charge in [-0.15, -0.1) is 0 Å². The molecule has 2 aromatic rings. The lowest BCUT2D eigenvalue weighted by molar-refractivity contribution is -0.138. The SMILES string of the molecule is O=C(/C=C/c1ccc(COc2cccc(Br)c2)o1)C12CC3CC(CC(C3)C1)C2. The highest BCUT2D eigenvalue weighted by Gasteiger charge is 2.53. The van der Waals surface area contributed by atoms with Crippen molar-refractivity contribution < 1.29 is 13.9 Å². The number of hydrogen-bond acceptors (Lipinski definition) is 3. The molecular formula is C24H25BrO3. The van der Waals surface area contributed by atoms with Crippen LogP contribution in [-0.2, 0) is 11.4 Å². The van der Waals surface area contributed by atoms with Crippen LogP contribution in [0, 0.1) is 23.2 Å². The Morgan fingerprint density at radius 2 is 1.82 bits per heavy atom. The molecule has 3 nitrogen and oxygen atoms in total. The van der Waals surface area contributed by atoms with Crippen molar-refractivity contribution in [1.82, 2.24) is 0 Å². The fourth-order valence-corrected chi connectivity index (χ4v) is 6.40. The molecule has 0 aliphatic heterocycles. The van der Waals surface area contributed by atoms with Crippen molar-refractivity contribution in [3.05, 3.63) is 58.5 Å². The molecule has 146 valence electrons. The maximum Gasteiger partial charge on any atom is 0.161 e. The molecule has 0 unspecified atom stereocenters. The van der Waals surface area contributed by atoms with Gasteiger partial charge in [0.05, 0.1) is 0 Å². The zero-order valence-corrected chi connectivity index (χ0v) is 17.5. The predicted octanol–water partition coefficient (Wildman–Crippen LogP) is 6.42. The van der Waals surface area contributed by atoms with Gasteiger partial charge in [0.25, 0.3) is 0 Å². The van der Waals surface area contributed by atoms with Crippen molar-refractivity contribution in [1.29, 1.82) is 0 Å². The zero-order chi connectivity index (χ0) is 19.1. The zero-order valence-electron chi connectivity index (χ0n) is 15.9. The largest absolute Gasteiger partial charge is 0.486 e. The second-order valence-corrected chi connectivity index (χ2v) is 9.86. The van der Waals surface area contributed by atoms with Crippen molar-refractivity contribution in [2.45, 2.75) is 45.1 Å². The molecule has 28 heavy (non-hydrogen) atoms.